The Morgan fingerprint density at radius 2 is 1.92 bits per heavy atom. The highest BCUT2D eigenvalue weighted by Gasteiger charge is 1.89. The van der Waals surface area contributed by atoms with Gasteiger partial charge in [-0.05, 0) is 17.7 Å². The first kappa shape index (κ1) is 11.6. The molecule has 0 aliphatic carbocycles. The fourth-order valence-corrected chi connectivity index (χ4v) is 0.759. The highest BCUT2D eigenvalue weighted by Crippen LogP contribution is 2.09. The predicted molar refractivity (Wildman–Crippen MR) is 46.7 cm³/mol. The number of hydrogen-bond acceptors (Lipinski definition) is 3. The molecule has 0 aliphatic rings. The summed E-state index contributed by atoms with van der Waals surface area (Å²) >= 11 is 0. The summed E-state index contributed by atoms with van der Waals surface area (Å²) in [7, 11) is 1.65. The number of rotatable bonds is 2. The summed E-state index contributed by atoms with van der Waals surface area (Å²) in [6.07, 6.45) is 0. The van der Waals surface area contributed by atoms with Crippen LogP contribution in [0.15, 0.2) is 24.3 Å². The molecule has 0 amide bonds. The van der Waals surface area contributed by atoms with E-state index in [0.717, 1.165) is 5.56 Å². The second-order valence-corrected chi connectivity index (χ2v) is 2.19. The van der Waals surface area contributed by atoms with E-state index < -0.39 is 6.54 Å². The summed E-state index contributed by atoms with van der Waals surface area (Å²) in [5, 5.41) is 8.88. The predicted octanol–water partition coefficient (Wildman–Crippen LogP) is 1.68. The number of halogens is 1. The van der Waals surface area contributed by atoms with Crippen molar-refractivity contribution in [2.24, 2.45) is 0 Å². The third-order valence-electron chi connectivity index (χ3n) is 1.25. The Balaban J connectivity index is 0.000000424. The van der Waals surface area contributed by atoms with E-state index in [4.69, 9.17) is 14.6 Å². The van der Waals surface area contributed by atoms with Crippen molar-refractivity contribution in [1.82, 2.24) is 0 Å². The molecule has 0 saturated carbocycles. The number of carbonyl (C=O) groups excluding carboxylic acids is 1. The summed E-state index contributed by atoms with van der Waals surface area (Å²) in [5.41, 5.74) is 1.07. The molecule has 0 aliphatic heterocycles. The van der Waals surface area contributed by atoms with E-state index in [2.05, 4.69) is 0 Å². The van der Waals surface area contributed by atoms with Crippen molar-refractivity contribution < 1.29 is 19.0 Å². The van der Waals surface area contributed by atoms with Gasteiger partial charge in [-0.1, -0.05) is 12.1 Å². The van der Waals surface area contributed by atoms with Gasteiger partial charge in [0.05, 0.1) is 6.61 Å². The maximum absolute atomic E-state index is 9.61. The number of benzene rings is 1. The minimum atomic E-state index is -0.750. The lowest BCUT2D eigenvalue weighted by atomic mass is 10.2. The van der Waals surface area contributed by atoms with Gasteiger partial charge in [-0.2, -0.15) is 4.39 Å². The number of ether oxygens (including phenoxy) is 1. The lowest BCUT2D eigenvalue weighted by Crippen LogP contribution is -1.84. The minimum Gasteiger partial charge on any atom is -0.508 e. The Hall–Kier alpha value is -1.42. The van der Waals surface area contributed by atoms with E-state index in [1.54, 1.807) is 19.2 Å². The molecule has 72 valence electrons. The van der Waals surface area contributed by atoms with Crippen molar-refractivity contribution in [3.63, 3.8) is 0 Å². The van der Waals surface area contributed by atoms with Gasteiger partial charge in [-0.25, -0.2) is 0 Å². The van der Waals surface area contributed by atoms with E-state index in [1.807, 2.05) is 12.1 Å². The topological polar surface area (TPSA) is 46.5 Å². The number of phenols is 1. The highest BCUT2D eigenvalue weighted by molar-refractivity contribution is 5.35. The Bertz CT molecular complexity index is 233. The summed E-state index contributed by atoms with van der Waals surface area (Å²) in [6.45, 7) is -0.153. The van der Waals surface area contributed by atoms with Crippen LogP contribution >= 0.6 is 0 Å². The van der Waals surface area contributed by atoms with E-state index in [9.17, 15) is 4.39 Å². The Morgan fingerprint density at radius 3 is 2.31 bits per heavy atom. The first-order valence-electron chi connectivity index (χ1n) is 3.55. The summed E-state index contributed by atoms with van der Waals surface area (Å²) in [6, 6.07) is 6.96. The molecule has 0 saturated heterocycles. The van der Waals surface area contributed by atoms with Crippen molar-refractivity contribution in [2.45, 2.75) is 6.61 Å². The number of phenolic OH excluding ortho intramolecular Hbond substituents is 1. The number of aromatic hydroxyl groups is 1. The van der Waals surface area contributed by atoms with Crippen LogP contribution in [-0.4, -0.2) is 18.8 Å². The second-order valence-electron chi connectivity index (χ2n) is 2.19. The van der Waals surface area contributed by atoms with Crippen LogP contribution in [0, 0.1) is 0 Å². The van der Waals surface area contributed by atoms with Crippen LogP contribution in [0.2, 0.25) is 0 Å². The van der Waals surface area contributed by atoms with Crippen LogP contribution in [0.3, 0.4) is 0 Å². The third kappa shape index (κ3) is 5.81. The van der Waals surface area contributed by atoms with Gasteiger partial charge in [0.2, 0.25) is 0 Å². The van der Waals surface area contributed by atoms with E-state index in [-0.39, 0.29) is 0 Å². The SMILES string of the molecule is COCc1ccc(O)cc1.O=CF. The summed E-state index contributed by atoms with van der Waals surface area (Å²) in [4.78, 5) is 8.14. The van der Waals surface area contributed by atoms with Crippen LogP contribution < -0.4 is 0 Å². The van der Waals surface area contributed by atoms with Crippen LogP contribution in [0.4, 0.5) is 4.39 Å². The lowest BCUT2D eigenvalue weighted by molar-refractivity contribution is 0.185. The van der Waals surface area contributed by atoms with Crippen LogP contribution in [0.25, 0.3) is 0 Å². The van der Waals surface area contributed by atoms with Gasteiger partial charge in [0.1, 0.15) is 5.75 Å². The Labute approximate surface area is 75.8 Å². The Morgan fingerprint density at radius 1 is 1.46 bits per heavy atom. The highest BCUT2D eigenvalue weighted by atomic mass is 19.1. The first-order chi connectivity index (χ1) is 6.24. The maximum Gasteiger partial charge on any atom is 0.289 e. The largest absolute Gasteiger partial charge is 0.508 e. The van der Waals surface area contributed by atoms with Gasteiger partial charge in [-0.3, -0.25) is 4.79 Å². The molecule has 0 unspecified atom stereocenters. The molecule has 1 aromatic carbocycles. The van der Waals surface area contributed by atoms with Crippen molar-refractivity contribution >= 4 is 6.54 Å². The molecule has 0 bridgehead atoms. The quantitative estimate of drug-likeness (QED) is 0.564. The zero-order chi connectivity index (χ0) is 10.1. The van der Waals surface area contributed by atoms with Gasteiger partial charge < -0.3 is 9.84 Å². The maximum atomic E-state index is 9.61. The average Bonchev–Trinajstić information content (AvgIpc) is 2.11. The third-order valence-corrected chi connectivity index (χ3v) is 1.25. The molecular formula is C9H11FO3. The molecule has 1 rings (SSSR count). The van der Waals surface area contributed by atoms with Crippen LogP contribution in [0.1, 0.15) is 5.56 Å². The zero-order valence-corrected chi connectivity index (χ0v) is 7.24. The molecule has 0 fully saturated rings. The van der Waals surface area contributed by atoms with Gasteiger partial charge in [0.15, 0.2) is 0 Å². The fraction of sp³-hybridized carbons (Fsp3) is 0.222. The van der Waals surface area contributed by atoms with Gasteiger partial charge in [-0.15, -0.1) is 0 Å². The molecule has 0 atom stereocenters. The van der Waals surface area contributed by atoms with E-state index in [1.165, 1.54) is 0 Å². The van der Waals surface area contributed by atoms with E-state index in [0.29, 0.717) is 12.4 Å². The van der Waals surface area contributed by atoms with Crippen molar-refractivity contribution in [1.29, 1.82) is 0 Å². The van der Waals surface area contributed by atoms with Gasteiger partial charge in [0, 0.05) is 7.11 Å². The van der Waals surface area contributed by atoms with Gasteiger partial charge >= 0.3 is 0 Å². The van der Waals surface area contributed by atoms with Crippen molar-refractivity contribution in [3.05, 3.63) is 29.8 Å². The molecule has 3 nitrogen and oxygen atoms in total. The van der Waals surface area contributed by atoms with Crippen molar-refractivity contribution in [2.75, 3.05) is 7.11 Å². The molecule has 0 aromatic heterocycles. The minimum absolute atomic E-state index is 0.292. The molecular weight excluding hydrogens is 175 g/mol. The average molecular weight is 186 g/mol. The fourth-order valence-electron chi connectivity index (χ4n) is 0.759. The molecule has 0 radical (unpaired) electrons. The first-order valence-corrected chi connectivity index (χ1v) is 3.55. The number of methoxy groups -OCH3 is 1. The van der Waals surface area contributed by atoms with Crippen LogP contribution in [0.5, 0.6) is 5.75 Å². The molecule has 4 heteroatoms. The van der Waals surface area contributed by atoms with Crippen LogP contribution in [-0.2, 0) is 16.1 Å². The standard InChI is InChI=1S/C8H10O2.CHFO/c1-10-6-7-2-4-8(9)5-3-7;2-1-3/h2-5,9H,6H2,1H3;1H. The summed E-state index contributed by atoms with van der Waals surface area (Å²) in [5.74, 6) is 0.292. The summed E-state index contributed by atoms with van der Waals surface area (Å²) < 4.78 is 14.5. The lowest BCUT2D eigenvalue weighted by Gasteiger charge is -1.97. The monoisotopic (exact) mass is 186 g/mol. The zero-order valence-electron chi connectivity index (χ0n) is 7.24. The smallest absolute Gasteiger partial charge is 0.289 e. The molecule has 0 heterocycles. The normalized spacial score (nSPS) is 8.46. The molecule has 1 aromatic rings. The molecule has 13 heavy (non-hydrogen) atoms. The van der Waals surface area contributed by atoms with Crippen molar-refractivity contribution in [3.8, 4) is 5.75 Å². The molecule has 1 N–H and O–H groups in total. The molecule has 0 spiro atoms. The Kier molecular flexibility index (Phi) is 6.45. The van der Waals surface area contributed by atoms with Gasteiger partial charge in [0.25, 0.3) is 6.54 Å². The van der Waals surface area contributed by atoms with E-state index >= 15 is 0 Å². The number of hydrogen-bond donors (Lipinski definition) is 1. The number of carbonyl (C=O) groups is 1. The second kappa shape index (κ2) is 7.24.